The second-order valence-electron chi connectivity index (χ2n) is 8.18. The van der Waals surface area contributed by atoms with Crippen molar-refractivity contribution in [3.8, 4) is 5.69 Å². The first-order valence-corrected chi connectivity index (χ1v) is 10.2. The average Bonchev–Trinajstić information content (AvgIpc) is 3.23. The Morgan fingerprint density at radius 1 is 1.30 bits per heavy atom. The predicted molar refractivity (Wildman–Crippen MR) is 108 cm³/mol. The van der Waals surface area contributed by atoms with Crippen LogP contribution >= 0.6 is 0 Å². The van der Waals surface area contributed by atoms with Gasteiger partial charge in [0.25, 0.3) is 0 Å². The maximum atomic E-state index is 12.1. The van der Waals surface area contributed by atoms with Crippen molar-refractivity contribution in [3.63, 3.8) is 0 Å². The molecule has 2 aliphatic rings. The second-order valence-corrected chi connectivity index (χ2v) is 8.18. The molecule has 10 nitrogen and oxygen atoms in total. The van der Waals surface area contributed by atoms with Crippen molar-refractivity contribution in [1.82, 2.24) is 25.5 Å². The van der Waals surface area contributed by atoms with E-state index < -0.39 is 17.2 Å². The molecule has 1 aromatic heterocycles. The van der Waals surface area contributed by atoms with Gasteiger partial charge in [-0.05, 0) is 48.7 Å². The standard InChI is InChI=1S/C20H28N6O4/c1-19(21-16(27)14-29-2)10-13-30-20(17(19)28)8-11-25(12-9-20)18-22-23-24-26(18)15-6-4-3-5-7-15/h3-7,17,28H,8-14H2,1-2H3,(H,21,27)/t17-,19+/m0/s1. The zero-order chi connectivity index (χ0) is 21.2. The minimum Gasteiger partial charge on any atom is -0.388 e. The van der Waals surface area contributed by atoms with E-state index in [1.807, 2.05) is 37.3 Å². The summed E-state index contributed by atoms with van der Waals surface area (Å²) in [7, 11) is 1.47. The molecule has 30 heavy (non-hydrogen) atoms. The lowest BCUT2D eigenvalue weighted by Crippen LogP contribution is -2.69. The Labute approximate surface area is 175 Å². The monoisotopic (exact) mass is 416 g/mol. The van der Waals surface area contributed by atoms with Crippen LogP contribution in [0.4, 0.5) is 5.95 Å². The van der Waals surface area contributed by atoms with Gasteiger partial charge in [0.05, 0.1) is 16.8 Å². The number of ether oxygens (including phenoxy) is 2. The van der Waals surface area contributed by atoms with Crippen LogP contribution in [0.5, 0.6) is 0 Å². The summed E-state index contributed by atoms with van der Waals surface area (Å²) in [6, 6.07) is 9.73. The molecule has 3 heterocycles. The Balaban J connectivity index is 1.48. The molecule has 2 N–H and O–H groups in total. The lowest BCUT2D eigenvalue weighted by molar-refractivity contribution is -0.198. The van der Waals surface area contributed by atoms with E-state index in [-0.39, 0.29) is 12.5 Å². The predicted octanol–water partition coefficient (Wildman–Crippen LogP) is 0.304. The van der Waals surface area contributed by atoms with Gasteiger partial charge in [-0.15, -0.1) is 0 Å². The lowest BCUT2D eigenvalue weighted by Gasteiger charge is -2.53. The third-order valence-electron chi connectivity index (χ3n) is 6.16. The number of piperidine rings is 1. The van der Waals surface area contributed by atoms with Crippen LogP contribution in [-0.4, -0.2) is 81.9 Å². The topological polar surface area (TPSA) is 115 Å². The highest BCUT2D eigenvalue weighted by atomic mass is 16.5. The summed E-state index contributed by atoms with van der Waals surface area (Å²) in [6.45, 7) is 3.57. The van der Waals surface area contributed by atoms with E-state index in [1.165, 1.54) is 7.11 Å². The summed E-state index contributed by atoms with van der Waals surface area (Å²) < 4.78 is 12.7. The summed E-state index contributed by atoms with van der Waals surface area (Å²) in [4.78, 5) is 14.2. The van der Waals surface area contributed by atoms with Crippen molar-refractivity contribution in [3.05, 3.63) is 30.3 Å². The van der Waals surface area contributed by atoms with Crippen LogP contribution in [0.15, 0.2) is 30.3 Å². The normalized spacial score (nSPS) is 26.0. The number of amides is 1. The van der Waals surface area contributed by atoms with E-state index in [9.17, 15) is 9.90 Å². The molecule has 0 unspecified atom stereocenters. The van der Waals surface area contributed by atoms with Crippen LogP contribution in [0, 0.1) is 0 Å². The van der Waals surface area contributed by atoms with Crippen LogP contribution in [0.25, 0.3) is 5.69 Å². The van der Waals surface area contributed by atoms with Gasteiger partial charge in [-0.1, -0.05) is 23.3 Å². The largest absolute Gasteiger partial charge is 0.388 e. The van der Waals surface area contributed by atoms with E-state index >= 15 is 0 Å². The van der Waals surface area contributed by atoms with Crippen LogP contribution in [0.2, 0.25) is 0 Å². The number of aliphatic hydroxyl groups excluding tert-OH is 1. The Kier molecular flexibility index (Phi) is 5.72. The molecular weight excluding hydrogens is 388 g/mol. The van der Waals surface area contributed by atoms with Crippen molar-refractivity contribution >= 4 is 11.9 Å². The van der Waals surface area contributed by atoms with Crippen molar-refractivity contribution in [1.29, 1.82) is 0 Å². The first-order chi connectivity index (χ1) is 14.5. The van der Waals surface area contributed by atoms with Crippen molar-refractivity contribution in [2.75, 3.05) is 38.3 Å². The molecular formula is C20H28N6O4. The highest BCUT2D eigenvalue weighted by molar-refractivity contribution is 5.78. The fraction of sp³-hybridized carbons (Fsp3) is 0.600. The first kappa shape index (κ1) is 20.7. The number of para-hydroxylation sites is 1. The Morgan fingerprint density at radius 2 is 2.03 bits per heavy atom. The van der Waals surface area contributed by atoms with Crippen LogP contribution in [0.1, 0.15) is 26.2 Å². The maximum absolute atomic E-state index is 12.1. The Morgan fingerprint density at radius 3 is 2.73 bits per heavy atom. The number of methoxy groups -OCH3 is 1. The Bertz CT molecular complexity index is 867. The molecule has 2 atom stereocenters. The van der Waals surface area contributed by atoms with Crippen molar-refractivity contribution in [2.24, 2.45) is 0 Å². The molecule has 1 spiro atoms. The van der Waals surface area contributed by atoms with Crippen LogP contribution < -0.4 is 10.2 Å². The van der Waals surface area contributed by atoms with E-state index in [1.54, 1.807) is 4.68 Å². The van der Waals surface area contributed by atoms with Crippen LogP contribution in [0.3, 0.4) is 0 Å². The fourth-order valence-electron chi connectivity index (χ4n) is 4.50. The van der Waals surface area contributed by atoms with Crippen molar-refractivity contribution in [2.45, 2.75) is 43.4 Å². The maximum Gasteiger partial charge on any atom is 0.250 e. The third-order valence-corrected chi connectivity index (χ3v) is 6.16. The minimum atomic E-state index is -0.827. The number of nitrogens with one attached hydrogen (secondary N) is 1. The smallest absolute Gasteiger partial charge is 0.250 e. The molecule has 0 radical (unpaired) electrons. The number of nitrogens with zero attached hydrogens (tertiary/aromatic N) is 5. The van der Waals surface area contributed by atoms with E-state index in [0.717, 1.165) is 5.69 Å². The quantitative estimate of drug-likeness (QED) is 0.716. The summed E-state index contributed by atoms with van der Waals surface area (Å²) in [5, 5.41) is 26.4. The van der Waals surface area contributed by atoms with Gasteiger partial charge < -0.3 is 24.8 Å². The molecule has 0 saturated carbocycles. The summed E-state index contributed by atoms with van der Waals surface area (Å²) in [6.07, 6.45) is 0.921. The number of carbonyl (C=O) groups is 1. The highest BCUT2D eigenvalue weighted by Gasteiger charge is 2.54. The number of benzene rings is 1. The molecule has 2 aromatic rings. The van der Waals surface area contributed by atoms with Crippen LogP contribution in [-0.2, 0) is 14.3 Å². The summed E-state index contributed by atoms with van der Waals surface area (Å²) in [5.41, 5.74) is -0.587. The number of carbonyl (C=O) groups excluding carboxylic acids is 1. The van der Waals surface area contributed by atoms with Gasteiger partial charge in [-0.2, -0.15) is 4.68 Å². The highest BCUT2D eigenvalue weighted by Crippen LogP contribution is 2.40. The zero-order valence-electron chi connectivity index (χ0n) is 17.3. The third kappa shape index (κ3) is 3.78. The molecule has 10 heteroatoms. The van der Waals surface area contributed by atoms with E-state index in [4.69, 9.17) is 9.47 Å². The number of tetrazole rings is 1. The van der Waals surface area contributed by atoms with Crippen molar-refractivity contribution < 1.29 is 19.4 Å². The van der Waals surface area contributed by atoms with Gasteiger partial charge in [0.2, 0.25) is 11.9 Å². The number of hydrogen-bond donors (Lipinski definition) is 2. The lowest BCUT2D eigenvalue weighted by atomic mass is 9.73. The molecule has 2 saturated heterocycles. The molecule has 2 fully saturated rings. The minimum absolute atomic E-state index is 0.0356. The van der Waals surface area contributed by atoms with Gasteiger partial charge in [0.1, 0.15) is 12.7 Å². The number of aromatic nitrogens is 4. The average molecular weight is 416 g/mol. The molecule has 0 bridgehead atoms. The van der Waals surface area contributed by atoms with Gasteiger partial charge in [-0.3, -0.25) is 4.79 Å². The fourth-order valence-corrected chi connectivity index (χ4v) is 4.50. The molecule has 162 valence electrons. The zero-order valence-corrected chi connectivity index (χ0v) is 17.3. The van der Waals surface area contributed by atoms with E-state index in [2.05, 4.69) is 25.7 Å². The van der Waals surface area contributed by atoms with E-state index in [0.29, 0.717) is 44.9 Å². The van der Waals surface area contributed by atoms with Gasteiger partial charge in [0.15, 0.2) is 0 Å². The summed E-state index contributed by atoms with van der Waals surface area (Å²) in [5.74, 6) is 0.424. The molecule has 0 aliphatic carbocycles. The molecule has 1 amide bonds. The number of anilines is 1. The van der Waals surface area contributed by atoms with Gasteiger partial charge >= 0.3 is 0 Å². The molecule has 1 aromatic carbocycles. The molecule has 4 rings (SSSR count). The SMILES string of the molecule is COCC(=O)N[C@]1(C)CCOC2(CCN(c3nnnn3-c3ccccc3)CC2)[C@H]1O. The van der Waals surface area contributed by atoms with Gasteiger partial charge in [-0.25, -0.2) is 0 Å². The number of aliphatic hydroxyl groups is 1. The second kappa shape index (κ2) is 8.29. The molecule has 2 aliphatic heterocycles. The number of rotatable bonds is 5. The van der Waals surface area contributed by atoms with Gasteiger partial charge in [0, 0.05) is 26.8 Å². The Hall–Kier alpha value is -2.56. The first-order valence-electron chi connectivity index (χ1n) is 10.2. The number of hydrogen-bond acceptors (Lipinski definition) is 8. The summed E-state index contributed by atoms with van der Waals surface area (Å²) >= 11 is 0.